The zero-order valence-corrected chi connectivity index (χ0v) is 9.05. The van der Waals surface area contributed by atoms with Crippen LogP contribution >= 0.6 is 12.4 Å². The SMILES string of the molecule is Cl.N[C@H](CCF)c1cc([N+](=O)[O-])ccc1F. The van der Waals surface area contributed by atoms with Gasteiger partial charge < -0.3 is 5.73 Å². The number of rotatable bonds is 4. The van der Waals surface area contributed by atoms with Crippen molar-refractivity contribution in [2.75, 3.05) is 6.67 Å². The quantitative estimate of drug-likeness (QED) is 0.661. The molecule has 0 aromatic heterocycles. The molecule has 16 heavy (non-hydrogen) atoms. The molecule has 0 spiro atoms. The van der Waals surface area contributed by atoms with Crippen LogP contribution in [0.1, 0.15) is 18.0 Å². The van der Waals surface area contributed by atoms with Gasteiger partial charge in [0.05, 0.1) is 11.6 Å². The topological polar surface area (TPSA) is 69.2 Å². The number of non-ortho nitro benzene ring substituents is 1. The Morgan fingerprint density at radius 2 is 2.12 bits per heavy atom. The van der Waals surface area contributed by atoms with Crippen molar-refractivity contribution < 1.29 is 13.7 Å². The minimum Gasteiger partial charge on any atom is -0.324 e. The number of hydrogen-bond acceptors (Lipinski definition) is 3. The number of alkyl halides is 1. The Hall–Kier alpha value is -1.27. The highest BCUT2D eigenvalue weighted by Crippen LogP contribution is 2.23. The van der Waals surface area contributed by atoms with E-state index in [4.69, 9.17) is 5.73 Å². The first-order chi connectivity index (χ1) is 7.06. The van der Waals surface area contributed by atoms with Crippen molar-refractivity contribution in [2.24, 2.45) is 5.73 Å². The summed E-state index contributed by atoms with van der Waals surface area (Å²) in [7, 11) is 0. The van der Waals surface area contributed by atoms with Crippen molar-refractivity contribution in [1.29, 1.82) is 0 Å². The molecule has 0 aliphatic heterocycles. The zero-order chi connectivity index (χ0) is 11.4. The number of halogens is 3. The summed E-state index contributed by atoms with van der Waals surface area (Å²) in [5.41, 5.74) is 5.20. The van der Waals surface area contributed by atoms with Gasteiger partial charge >= 0.3 is 0 Å². The van der Waals surface area contributed by atoms with Crippen molar-refractivity contribution in [2.45, 2.75) is 12.5 Å². The number of hydrogen-bond donors (Lipinski definition) is 1. The predicted molar refractivity (Wildman–Crippen MR) is 57.8 cm³/mol. The van der Waals surface area contributed by atoms with Gasteiger partial charge in [-0.15, -0.1) is 12.4 Å². The van der Waals surface area contributed by atoms with E-state index in [0.29, 0.717) is 0 Å². The van der Waals surface area contributed by atoms with Crippen molar-refractivity contribution in [3.8, 4) is 0 Å². The van der Waals surface area contributed by atoms with Crippen LogP contribution in [0.3, 0.4) is 0 Å². The first kappa shape index (κ1) is 14.7. The van der Waals surface area contributed by atoms with Gasteiger partial charge in [-0.05, 0) is 12.5 Å². The number of nitro benzene ring substituents is 1. The maximum absolute atomic E-state index is 13.2. The number of nitrogens with zero attached hydrogens (tertiary/aromatic N) is 1. The van der Waals surface area contributed by atoms with Gasteiger partial charge in [0.2, 0.25) is 0 Å². The van der Waals surface area contributed by atoms with E-state index in [9.17, 15) is 18.9 Å². The molecule has 0 unspecified atom stereocenters. The van der Waals surface area contributed by atoms with E-state index in [2.05, 4.69) is 0 Å². The largest absolute Gasteiger partial charge is 0.324 e. The second-order valence-electron chi connectivity index (χ2n) is 3.05. The Kier molecular flexibility index (Phi) is 5.84. The van der Waals surface area contributed by atoms with Gasteiger partial charge in [-0.2, -0.15) is 0 Å². The van der Waals surface area contributed by atoms with E-state index in [1.807, 2.05) is 0 Å². The second-order valence-corrected chi connectivity index (χ2v) is 3.05. The van der Waals surface area contributed by atoms with Crippen LogP contribution in [0, 0.1) is 15.9 Å². The lowest BCUT2D eigenvalue weighted by Crippen LogP contribution is -2.13. The highest BCUT2D eigenvalue weighted by Gasteiger charge is 2.15. The van der Waals surface area contributed by atoms with E-state index in [0.717, 1.165) is 18.2 Å². The molecule has 7 heteroatoms. The molecule has 0 saturated heterocycles. The molecule has 1 aromatic rings. The minimum atomic E-state index is -0.852. The summed E-state index contributed by atoms with van der Waals surface area (Å²) in [4.78, 5) is 9.77. The molecule has 0 bridgehead atoms. The van der Waals surface area contributed by atoms with Gasteiger partial charge in [-0.1, -0.05) is 0 Å². The average molecular weight is 253 g/mol. The van der Waals surface area contributed by atoms with Crippen LogP contribution in [0.5, 0.6) is 0 Å². The van der Waals surface area contributed by atoms with Gasteiger partial charge in [0.15, 0.2) is 0 Å². The Morgan fingerprint density at radius 3 is 2.62 bits per heavy atom. The fourth-order valence-electron chi connectivity index (χ4n) is 1.20. The first-order valence-corrected chi connectivity index (χ1v) is 4.31. The van der Waals surface area contributed by atoms with Crippen LogP contribution in [0.25, 0.3) is 0 Å². The van der Waals surface area contributed by atoms with E-state index in [1.165, 1.54) is 0 Å². The molecule has 0 fully saturated rings. The summed E-state index contributed by atoms with van der Waals surface area (Å²) in [5, 5.41) is 10.4. The second kappa shape index (κ2) is 6.34. The molecule has 1 aromatic carbocycles. The van der Waals surface area contributed by atoms with Crippen molar-refractivity contribution in [1.82, 2.24) is 0 Å². The van der Waals surface area contributed by atoms with Gasteiger partial charge in [0.25, 0.3) is 5.69 Å². The average Bonchev–Trinajstić information content (AvgIpc) is 2.18. The van der Waals surface area contributed by atoms with Gasteiger partial charge in [-0.3, -0.25) is 14.5 Å². The van der Waals surface area contributed by atoms with Crippen LogP contribution in [0.2, 0.25) is 0 Å². The predicted octanol–water partition coefficient (Wildman–Crippen LogP) is 2.52. The lowest BCUT2D eigenvalue weighted by Gasteiger charge is -2.10. The highest BCUT2D eigenvalue weighted by atomic mass is 35.5. The monoisotopic (exact) mass is 252 g/mol. The minimum absolute atomic E-state index is 0. The lowest BCUT2D eigenvalue weighted by atomic mass is 10.0. The third-order valence-electron chi connectivity index (χ3n) is 2.01. The van der Waals surface area contributed by atoms with Gasteiger partial charge in [-0.25, -0.2) is 4.39 Å². The van der Waals surface area contributed by atoms with Crippen LogP contribution in [0.15, 0.2) is 18.2 Å². The van der Waals surface area contributed by atoms with E-state index in [1.54, 1.807) is 0 Å². The fourth-order valence-corrected chi connectivity index (χ4v) is 1.20. The summed E-state index contributed by atoms with van der Waals surface area (Å²) in [6, 6.07) is 2.19. The number of nitro groups is 1. The summed E-state index contributed by atoms with van der Waals surface area (Å²) in [5.74, 6) is -0.651. The summed E-state index contributed by atoms with van der Waals surface area (Å²) in [6.45, 7) is -0.691. The molecular weight excluding hydrogens is 242 g/mol. The molecule has 0 radical (unpaired) electrons. The summed E-state index contributed by atoms with van der Waals surface area (Å²) >= 11 is 0. The van der Waals surface area contributed by atoms with Crippen LogP contribution < -0.4 is 5.73 Å². The molecule has 1 atom stereocenters. The van der Waals surface area contributed by atoms with Crippen molar-refractivity contribution in [3.63, 3.8) is 0 Å². The normalized spacial score (nSPS) is 11.7. The standard InChI is InChI=1S/C9H10F2N2O2.ClH/c10-4-3-9(12)7-5-6(13(14)15)1-2-8(7)11;/h1-2,5,9H,3-4,12H2;1H/t9-;/m1./s1. The van der Waals surface area contributed by atoms with Crippen LogP contribution in [-0.4, -0.2) is 11.6 Å². The van der Waals surface area contributed by atoms with E-state index >= 15 is 0 Å². The molecule has 0 heterocycles. The van der Waals surface area contributed by atoms with Crippen molar-refractivity contribution >= 4 is 18.1 Å². The molecule has 4 nitrogen and oxygen atoms in total. The Morgan fingerprint density at radius 1 is 1.50 bits per heavy atom. The molecule has 1 rings (SSSR count). The molecular formula is C9H11ClF2N2O2. The highest BCUT2D eigenvalue weighted by molar-refractivity contribution is 5.85. The van der Waals surface area contributed by atoms with Crippen molar-refractivity contribution in [3.05, 3.63) is 39.7 Å². The Balaban J connectivity index is 0.00000225. The summed E-state index contributed by atoms with van der Waals surface area (Å²) < 4.78 is 25.2. The Bertz CT molecular complexity index is 377. The summed E-state index contributed by atoms with van der Waals surface area (Å²) in [6.07, 6.45) is -0.0575. The zero-order valence-electron chi connectivity index (χ0n) is 8.23. The maximum atomic E-state index is 13.2. The smallest absolute Gasteiger partial charge is 0.269 e. The van der Waals surface area contributed by atoms with Crippen LogP contribution in [-0.2, 0) is 0 Å². The van der Waals surface area contributed by atoms with Crippen LogP contribution in [0.4, 0.5) is 14.5 Å². The number of nitrogens with two attached hydrogens (primary N) is 1. The Labute approximate surface area is 97.0 Å². The molecule has 0 aliphatic carbocycles. The molecule has 0 amide bonds. The molecule has 2 N–H and O–H groups in total. The molecule has 90 valence electrons. The third kappa shape index (κ3) is 3.39. The van der Waals surface area contributed by atoms with Gasteiger partial charge in [0.1, 0.15) is 5.82 Å². The third-order valence-corrected chi connectivity index (χ3v) is 2.01. The van der Waals surface area contributed by atoms with E-state index < -0.39 is 23.5 Å². The molecule has 0 aliphatic rings. The maximum Gasteiger partial charge on any atom is 0.269 e. The molecule has 0 saturated carbocycles. The van der Waals surface area contributed by atoms with Gasteiger partial charge in [0, 0.05) is 23.7 Å². The lowest BCUT2D eigenvalue weighted by molar-refractivity contribution is -0.385. The fraction of sp³-hybridized carbons (Fsp3) is 0.333. The number of benzene rings is 1. The van der Waals surface area contributed by atoms with E-state index in [-0.39, 0.29) is 30.1 Å². The first-order valence-electron chi connectivity index (χ1n) is 4.31.